The van der Waals surface area contributed by atoms with E-state index in [0.29, 0.717) is 5.69 Å². The molecule has 0 saturated carbocycles. The highest BCUT2D eigenvalue weighted by atomic mass is 19.1. The molecule has 0 unspecified atom stereocenters. The highest BCUT2D eigenvalue weighted by molar-refractivity contribution is 5.79. The van der Waals surface area contributed by atoms with Gasteiger partial charge in [-0.1, -0.05) is 54.6 Å². The number of nitrogens with one attached hydrogen (secondary N) is 1. The number of nitrogens with zero attached hydrogens (tertiary/aromatic N) is 1. The van der Waals surface area contributed by atoms with Crippen molar-refractivity contribution >= 4 is 28.4 Å². The maximum atomic E-state index is 14.5. The second kappa shape index (κ2) is 7.75. The molecule has 4 rings (SSSR count). The van der Waals surface area contributed by atoms with Crippen molar-refractivity contribution in [3.63, 3.8) is 0 Å². The maximum absolute atomic E-state index is 14.5. The Morgan fingerprint density at radius 1 is 0.519 bits per heavy atom. The molecule has 3 heteroatoms. The molecule has 4 aromatic rings. The van der Waals surface area contributed by atoms with E-state index in [-0.39, 0.29) is 5.82 Å². The Morgan fingerprint density at radius 2 is 1.04 bits per heavy atom. The first-order valence-corrected chi connectivity index (χ1v) is 8.82. The summed E-state index contributed by atoms with van der Waals surface area (Å²) in [5.74, 6) is -0.289. The summed E-state index contributed by atoms with van der Waals surface area (Å²) < 4.78 is 14.5. The van der Waals surface area contributed by atoms with Gasteiger partial charge in [-0.05, 0) is 54.6 Å². The zero-order valence-corrected chi connectivity index (χ0v) is 14.7. The van der Waals surface area contributed by atoms with E-state index in [1.54, 1.807) is 6.07 Å². The minimum Gasteiger partial charge on any atom is -0.355 e. The molecule has 0 aliphatic carbocycles. The first kappa shape index (κ1) is 16.9. The summed E-state index contributed by atoms with van der Waals surface area (Å²) in [4.78, 5) is 2.04. The lowest BCUT2D eigenvalue weighted by molar-refractivity contribution is 0.628. The molecular formula is C24H19FN2. The minimum atomic E-state index is -0.289. The van der Waals surface area contributed by atoms with Crippen molar-refractivity contribution in [1.82, 2.24) is 0 Å². The SMILES string of the molecule is Fc1cc(Nc2ccccc2)cc(N(c2ccccc2)c2ccccc2)c1. The molecule has 132 valence electrons. The van der Waals surface area contributed by atoms with Crippen molar-refractivity contribution in [2.24, 2.45) is 0 Å². The van der Waals surface area contributed by atoms with Crippen molar-refractivity contribution in [2.45, 2.75) is 0 Å². The van der Waals surface area contributed by atoms with E-state index in [1.807, 2.05) is 102 Å². The van der Waals surface area contributed by atoms with Crippen LogP contribution < -0.4 is 10.2 Å². The van der Waals surface area contributed by atoms with Crippen LogP contribution in [0.1, 0.15) is 0 Å². The van der Waals surface area contributed by atoms with Gasteiger partial charge in [0, 0.05) is 22.7 Å². The molecule has 0 heterocycles. The van der Waals surface area contributed by atoms with E-state index in [0.717, 1.165) is 22.7 Å². The lowest BCUT2D eigenvalue weighted by atomic mass is 10.1. The van der Waals surface area contributed by atoms with Crippen LogP contribution in [0.3, 0.4) is 0 Å². The number of anilines is 5. The molecule has 0 aliphatic rings. The van der Waals surface area contributed by atoms with Gasteiger partial charge in [0.2, 0.25) is 0 Å². The molecule has 0 saturated heterocycles. The molecule has 0 radical (unpaired) electrons. The number of rotatable bonds is 5. The average molecular weight is 354 g/mol. The topological polar surface area (TPSA) is 15.3 Å². The molecule has 1 N–H and O–H groups in total. The lowest BCUT2D eigenvalue weighted by Gasteiger charge is -2.26. The van der Waals surface area contributed by atoms with E-state index < -0.39 is 0 Å². The van der Waals surface area contributed by atoms with Gasteiger partial charge >= 0.3 is 0 Å². The predicted octanol–water partition coefficient (Wildman–Crippen LogP) is 7.04. The summed E-state index contributed by atoms with van der Waals surface area (Å²) >= 11 is 0. The Bertz CT molecular complexity index is 963. The number of benzene rings is 4. The lowest BCUT2D eigenvalue weighted by Crippen LogP contribution is -2.10. The average Bonchev–Trinajstić information content (AvgIpc) is 2.70. The normalized spacial score (nSPS) is 10.4. The molecule has 27 heavy (non-hydrogen) atoms. The zero-order chi connectivity index (χ0) is 18.5. The van der Waals surface area contributed by atoms with Crippen LogP contribution in [0.2, 0.25) is 0 Å². The molecule has 4 aromatic carbocycles. The Hall–Kier alpha value is -3.59. The molecule has 0 bridgehead atoms. The largest absolute Gasteiger partial charge is 0.355 e. The van der Waals surface area contributed by atoms with Gasteiger partial charge < -0.3 is 10.2 Å². The Balaban J connectivity index is 1.78. The van der Waals surface area contributed by atoms with Crippen LogP contribution in [-0.4, -0.2) is 0 Å². The third-order valence-electron chi connectivity index (χ3n) is 4.23. The zero-order valence-electron chi connectivity index (χ0n) is 14.7. The van der Waals surface area contributed by atoms with Crippen LogP contribution in [0.25, 0.3) is 0 Å². The molecule has 0 aromatic heterocycles. The summed E-state index contributed by atoms with van der Waals surface area (Å²) in [5.41, 5.74) is 4.32. The highest BCUT2D eigenvalue weighted by Gasteiger charge is 2.14. The molecule has 0 spiro atoms. The van der Waals surface area contributed by atoms with Crippen LogP contribution in [0, 0.1) is 5.82 Å². The Morgan fingerprint density at radius 3 is 1.59 bits per heavy atom. The first-order valence-electron chi connectivity index (χ1n) is 8.82. The molecule has 0 amide bonds. The van der Waals surface area contributed by atoms with Gasteiger partial charge in [0.05, 0.1) is 5.69 Å². The van der Waals surface area contributed by atoms with Gasteiger partial charge in [0.15, 0.2) is 0 Å². The fraction of sp³-hybridized carbons (Fsp3) is 0. The van der Waals surface area contributed by atoms with E-state index in [2.05, 4.69) is 5.32 Å². The van der Waals surface area contributed by atoms with Crippen LogP contribution in [0.15, 0.2) is 109 Å². The summed E-state index contributed by atoms with van der Waals surface area (Å²) in [6.07, 6.45) is 0. The predicted molar refractivity (Wildman–Crippen MR) is 111 cm³/mol. The number of para-hydroxylation sites is 3. The first-order chi connectivity index (χ1) is 13.3. The molecule has 0 aliphatic heterocycles. The van der Waals surface area contributed by atoms with Gasteiger partial charge in [-0.25, -0.2) is 4.39 Å². The van der Waals surface area contributed by atoms with E-state index >= 15 is 0 Å². The molecule has 0 fully saturated rings. The summed E-state index contributed by atoms with van der Waals surface area (Å²) in [7, 11) is 0. The van der Waals surface area contributed by atoms with Crippen molar-refractivity contribution in [2.75, 3.05) is 10.2 Å². The summed E-state index contributed by atoms with van der Waals surface area (Å²) in [6, 6.07) is 34.7. The monoisotopic (exact) mass is 354 g/mol. The van der Waals surface area contributed by atoms with Crippen molar-refractivity contribution < 1.29 is 4.39 Å². The maximum Gasteiger partial charge on any atom is 0.127 e. The molecular weight excluding hydrogens is 335 g/mol. The second-order valence-corrected chi connectivity index (χ2v) is 6.20. The van der Waals surface area contributed by atoms with Gasteiger partial charge in [-0.15, -0.1) is 0 Å². The molecule has 0 atom stereocenters. The van der Waals surface area contributed by atoms with E-state index in [1.165, 1.54) is 6.07 Å². The molecule has 2 nitrogen and oxygen atoms in total. The number of hydrogen-bond donors (Lipinski definition) is 1. The van der Waals surface area contributed by atoms with Crippen molar-refractivity contribution in [3.8, 4) is 0 Å². The smallest absolute Gasteiger partial charge is 0.127 e. The van der Waals surface area contributed by atoms with Crippen molar-refractivity contribution in [3.05, 3.63) is 115 Å². The Labute approximate surface area is 158 Å². The quantitative estimate of drug-likeness (QED) is 0.413. The highest BCUT2D eigenvalue weighted by Crippen LogP contribution is 2.36. The van der Waals surface area contributed by atoms with Crippen LogP contribution in [0.5, 0.6) is 0 Å². The van der Waals surface area contributed by atoms with Gasteiger partial charge in [0.25, 0.3) is 0 Å². The fourth-order valence-electron chi connectivity index (χ4n) is 3.06. The third-order valence-corrected chi connectivity index (χ3v) is 4.23. The fourth-order valence-corrected chi connectivity index (χ4v) is 3.06. The van der Waals surface area contributed by atoms with Gasteiger partial charge in [-0.2, -0.15) is 0 Å². The van der Waals surface area contributed by atoms with Crippen LogP contribution in [0.4, 0.5) is 32.8 Å². The van der Waals surface area contributed by atoms with Gasteiger partial charge in [-0.3, -0.25) is 0 Å². The summed E-state index contributed by atoms with van der Waals surface area (Å²) in [6.45, 7) is 0. The second-order valence-electron chi connectivity index (χ2n) is 6.20. The Kier molecular flexibility index (Phi) is 4.84. The standard InChI is InChI=1S/C24H19FN2/c25-19-16-21(26-20-10-4-1-5-11-20)18-24(17-19)27(22-12-6-2-7-13-22)23-14-8-3-9-15-23/h1-18,26H. The van der Waals surface area contributed by atoms with E-state index in [4.69, 9.17) is 0 Å². The van der Waals surface area contributed by atoms with Crippen LogP contribution >= 0.6 is 0 Å². The third kappa shape index (κ3) is 3.98. The number of hydrogen-bond acceptors (Lipinski definition) is 2. The van der Waals surface area contributed by atoms with E-state index in [9.17, 15) is 4.39 Å². The number of halogens is 1. The van der Waals surface area contributed by atoms with Crippen molar-refractivity contribution in [1.29, 1.82) is 0 Å². The van der Waals surface area contributed by atoms with Crippen LogP contribution in [-0.2, 0) is 0 Å². The summed E-state index contributed by atoms with van der Waals surface area (Å²) in [5, 5.41) is 3.28. The van der Waals surface area contributed by atoms with Gasteiger partial charge in [0.1, 0.15) is 5.82 Å². The minimum absolute atomic E-state index is 0.289.